The molecule has 1 aromatic carbocycles. The van der Waals surface area contributed by atoms with Crippen molar-refractivity contribution in [3.8, 4) is 6.01 Å². The lowest BCUT2D eigenvalue weighted by molar-refractivity contribution is 0.248. The number of aromatic nitrogens is 2. The molecule has 0 N–H and O–H groups in total. The van der Waals surface area contributed by atoms with Crippen LogP contribution in [0.2, 0.25) is 0 Å². The highest BCUT2D eigenvalue weighted by Crippen LogP contribution is 2.23. The second-order valence-corrected chi connectivity index (χ2v) is 6.63. The molecule has 0 amide bonds. The fourth-order valence-corrected chi connectivity index (χ4v) is 2.91. The standard InChI is InChI=1S/C18H17BrF2N4O2/c1-11-23-17(27-10-12-3-4-13(20)7-16(12)21)15(19)9-25(11)8-14-5-6-22-18(24-14)26-2/h3-7,9,11H,8,10H2,1-2H3. The lowest BCUT2D eigenvalue weighted by Gasteiger charge is -2.29. The number of ether oxygens (including phenoxy) is 2. The van der Waals surface area contributed by atoms with Crippen molar-refractivity contribution in [2.45, 2.75) is 26.2 Å². The smallest absolute Gasteiger partial charge is 0.316 e. The molecular weight excluding hydrogens is 422 g/mol. The molecule has 0 radical (unpaired) electrons. The molecular formula is C18H17BrF2N4O2. The highest BCUT2D eigenvalue weighted by Gasteiger charge is 2.21. The van der Waals surface area contributed by atoms with Crippen LogP contribution in [-0.4, -0.2) is 34.0 Å². The van der Waals surface area contributed by atoms with Gasteiger partial charge in [-0.2, -0.15) is 4.98 Å². The summed E-state index contributed by atoms with van der Waals surface area (Å²) in [5, 5.41) is 0. The van der Waals surface area contributed by atoms with Crippen molar-refractivity contribution in [1.29, 1.82) is 0 Å². The topological polar surface area (TPSA) is 59.8 Å². The predicted octanol–water partition coefficient (Wildman–Crippen LogP) is 3.78. The largest absolute Gasteiger partial charge is 0.472 e. The number of aliphatic imine (C=N–C) groups is 1. The Labute approximate surface area is 163 Å². The molecule has 2 heterocycles. The van der Waals surface area contributed by atoms with Gasteiger partial charge in [-0.1, -0.05) is 0 Å². The molecule has 3 rings (SSSR count). The second kappa shape index (κ2) is 8.43. The molecule has 1 aliphatic heterocycles. The number of hydrogen-bond donors (Lipinski definition) is 0. The van der Waals surface area contributed by atoms with Crippen LogP contribution >= 0.6 is 15.9 Å². The SMILES string of the molecule is COc1nccc(CN2C=C(Br)C(OCc3ccc(F)cc3F)=NC2C)n1. The molecule has 0 spiro atoms. The summed E-state index contributed by atoms with van der Waals surface area (Å²) in [4.78, 5) is 14.7. The van der Waals surface area contributed by atoms with Crippen LogP contribution in [0, 0.1) is 11.6 Å². The molecule has 142 valence electrons. The Morgan fingerprint density at radius 1 is 1.26 bits per heavy atom. The third-order valence-corrected chi connectivity index (χ3v) is 4.41. The van der Waals surface area contributed by atoms with Crippen molar-refractivity contribution < 1.29 is 18.3 Å². The molecule has 2 aromatic rings. The van der Waals surface area contributed by atoms with Crippen molar-refractivity contribution in [1.82, 2.24) is 14.9 Å². The zero-order chi connectivity index (χ0) is 19.4. The van der Waals surface area contributed by atoms with Crippen molar-refractivity contribution in [3.63, 3.8) is 0 Å². The van der Waals surface area contributed by atoms with Crippen LogP contribution in [0.1, 0.15) is 18.2 Å². The monoisotopic (exact) mass is 438 g/mol. The zero-order valence-corrected chi connectivity index (χ0v) is 16.3. The Morgan fingerprint density at radius 3 is 2.81 bits per heavy atom. The summed E-state index contributed by atoms with van der Waals surface area (Å²) in [5.74, 6) is -0.931. The van der Waals surface area contributed by atoms with E-state index in [4.69, 9.17) is 9.47 Å². The van der Waals surface area contributed by atoms with E-state index in [9.17, 15) is 8.78 Å². The maximum atomic E-state index is 13.7. The van der Waals surface area contributed by atoms with Crippen LogP contribution in [0.15, 0.2) is 46.1 Å². The first-order valence-corrected chi connectivity index (χ1v) is 8.89. The molecule has 0 bridgehead atoms. The minimum atomic E-state index is -0.654. The molecule has 9 heteroatoms. The molecule has 0 aliphatic carbocycles. The van der Waals surface area contributed by atoms with E-state index in [1.807, 2.05) is 18.0 Å². The van der Waals surface area contributed by atoms with Crippen molar-refractivity contribution in [2.24, 2.45) is 4.99 Å². The van der Waals surface area contributed by atoms with Crippen molar-refractivity contribution in [2.75, 3.05) is 7.11 Å². The third kappa shape index (κ3) is 4.79. The van der Waals surface area contributed by atoms with Gasteiger partial charge in [0.2, 0.25) is 5.90 Å². The molecule has 0 saturated carbocycles. The van der Waals surface area contributed by atoms with Gasteiger partial charge in [-0.25, -0.2) is 18.8 Å². The summed E-state index contributed by atoms with van der Waals surface area (Å²) >= 11 is 3.42. The number of nitrogens with zero attached hydrogens (tertiary/aromatic N) is 4. The van der Waals surface area contributed by atoms with Gasteiger partial charge >= 0.3 is 6.01 Å². The summed E-state index contributed by atoms with van der Waals surface area (Å²) in [7, 11) is 1.51. The number of benzene rings is 1. The Bertz CT molecular complexity index is 891. The summed E-state index contributed by atoms with van der Waals surface area (Å²) in [6.07, 6.45) is 3.24. The highest BCUT2D eigenvalue weighted by molar-refractivity contribution is 9.12. The molecule has 1 unspecified atom stereocenters. The molecule has 1 atom stereocenters. The van der Waals surface area contributed by atoms with E-state index in [0.717, 1.165) is 11.8 Å². The second-order valence-electron chi connectivity index (χ2n) is 5.77. The van der Waals surface area contributed by atoms with Gasteiger partial charge in [-0.05, 0) is 41.1 Å². The van der Waals surface area contributed by atoms with Crippen LogP contribution in [0.5, 0.6) is 6.01 Å². The van der Waals surface area contributed by atoms with Crippen LogP contribution in [0.4, 0.5) is 8.78 Å². The molecule has 1 aromatic heterocycles. The van der Waals surface area contributed by atoms with Gasteiger partial charge in [0.25, 0.3) is 0 Å². The van der Waals surface area contributed by atoms with E-state index in [1.54, 1.807) is 12.3 Å². The van der Waals surface area contributed by atoms with Gasteiger partial charge in [0.05, 0.1) is 23.8 Å². The third-order valence-electron chi connectivity index (χ3n) is 3.87. The maximum absolute atomic E-state index is 13.7. The summed E-state index contributed by atoms with van der Waals surface area (Å²) in [6.45, 7) is 2.35. The van der Waals surface area contributed by atoms with Gasteiger partial charge in [-0.15, -0.1) is 0 Å². The van der Waals surface area contributed by atoms with Crippen molar-refractivity contribution >= 4 is 21.8 Å². The number of rotatable bonds is 5. The molecule has 0 saturated heterocycles. The van der Waals surface area contributed by atoms with Gasteiger partial charge in [-0.3, -0.25) is 0 Å². The number of halogens is 3. The zero-order valence-electron chi connectivity index (χ0n) is 14.7. The summed E-state index contributed by atoms with van der Waals surface area (Å²) in [5.41, 5.74) is 1.03. The Balaban J connectivity index is 1.66. The molecule has 6 nitrogen and oxygen atoms in total. The van der Waals surface area contributed by atoms with Crippen LogP contribution < -0.4 is 4.74 Å². The Morgan fingerprint density at radius 2 is 2.07 bits per heavy atom. The fraction of sp³-hybridized carbons (Fsp3) is 0.278. The quantitative estimate of drug-likeness (QED) is 0.710. The normalized spacial score (nSPS) is 16.6. The highest BCUT2D eigenvalue weighted by atomic mass is 79.9. The van der Waals surface area contributed by atoms with E-state index < -0.39 is 11.6 Å². The predicted molar refractivity (Wildman–Crippen MR) is 99.2 cm³/mol. The Kier molecular flexibility index (Phi) is 6.00. The first-order chi connectivity index (χ1) is 13.0. The average molecular weight is 439 g/mol. The van der Waals surface area contributed by atoms with Crippen LogP contribution in [0.3, 0.4) is 0 Å². The fourth-order valence-electron chi connectivity index (χ4n) is 2.43. The van der Waals surface area contributed by atoms with E-state index in [-0.39, 0.29) is 18.3 Å². The molecule has 0 fully saturated rings. The van der Waals surface area contributed by atoms with Gasteiger partial charge in [0, 0.05) is 24.0 Å². The number of methoxy groups -OCH3 is 1. The Hall–Kier alpha value is -2.55. The maximum Gasteiger partial charge on any atom is 0.316 e. The van der Waals surface area contributed by atoms with Crippen LogP contribution in [-0.2, 0) is 17.9 Å². The molecule has 27 heavy (non-hydrogen) atoms. The molecule has 1 aliphatic rings. The van der Waals surface area contributed by atoms with E-state index in [0.29, 0.717) is 22.9 Å². The minimum absolute atomic E-state index is 0.0519. The van der Waals surface area contributed by atoms with E-state index >= 15 is 0 Å². The minimum Gasteiger partial charge on any atom is -0.472 e. The summed E-state index contributed by atoms with van der Waals surface area (Å²) in [6, 6.07) is 5.46. The van der Waals surface area contributed by atoms with Crippen LogP contribution in [0.25, 0.3) is 0 Å². The first-order valence-electron chi connectivity index (χ1n) is 8.10. The summed E-state index contributed by atoms with van der Waals surface area (Å²) < 4.78 is 38.0. The van der Waals surface area contributed by atoms with E-state index in [1.165, 1.54) is 19.2 Å². The van der Waals surface area contributed by atoms with Gasteiger partial charge in [0.15, 0.2) is 0 Å². The lowest BCUT2D eigenvalue weighted by atomic mass is 10.2. The average Bonchev–Trinajstić information content (AvgIpc) is 2.64. The van der Waals surface area contributed by atoms with Gasteiger partial charge in [0.1, 0.15) is 24.4 Å². The van der Waals surface area contributed by atoms with E-state index in [2.05, 4.69) is 30.9 Å². The number of hydrogen-bond acceptors (Lipinski definition) is 6. The van der Waals surface area contributed by atoms with Gasteiger partial charge < -0.3 is 14.4 Å². The first kappa shape index (κ1) is 19.2. The van der Waals surface area contributed by atoms with Crippen molar-refractivity contribution in [3.05, 3.63) is 64.0 Å². The lowest BCUT2D eigenvalue weighted by Crippen LogP contribution is -2.32.